The maximum absolute atomic E-state index is 13.4. The smallest absolute Gasteiger partial charge is 0.407 e. The molecule has 0 spiro atoms. The van der Waals surface area contributed by atoms with Gasteiger partial charge in [0.05, 0.1) is 18.7 Å². The number of amides is 4. The summed E-state index contributed by atoms with van der Waals surface area (Å²) in [7, 11) is 0. The Kier molecular flexibility index (Phi) is 9.55. The summed E-state index contributed by atoms with van der Waals surface area (Å²) in [5.74, 6) is 0.594. The van der Waals surface area contributed by atoms with Gasteiger partial charge in [-0.2, -0.15) is 0 Å². The molecule has 2 unspecified atom stereocenters. The lowest BCUT2D eigenvalue weighted by Gasteiger charge is -2.43. The van der Waals surface area contributed by atoms with Crippen molar-refractivity contribution in [1.29, 1.82) is 0 Å². The van der Waals surface area contributed by atoms with Gasteiger partial charge >= 0.3 is 12.1 Å². The van der Waals surface area contributed by atoms with E-state index >= 15 is 0 Å². The molecule has 2 atom stereocenters. The van der Waals surface area contributed by atoms with Gasteiger partial charge in [-0.15, -0.1) is 0 Å². The number of carbonyl (C=O) groups is 3. The van der Waals surface area contributed by atoms with Crippen molar-refractivity contribution in [2.24, 2.45) is 0 Å². The first-order valence-electron chi connectivity index (χ1n) is 15.1. The predicted molar refractivity (Wildman–Crippen MR) is 163 cm³/mol. The fourth-order valence-corrected chi connectivity index (χ4v) is 5.85. The zero-order valence-corrected chi connectivity index (χ0v) is 25.3. The van der Waals surface area contributed by atoms with E-state index in [4.69, 9.17) is 14.2 Å². The molecule has 230 valence electrons. The Morgan fingerprint density at radius 2 is 1.74 bits per heavy atom. The third-order valence-electron chi connectivity index (χ3n) is 7.81. The molecular formula is C33H42N4O6. The Balaban J connectivity index is 1.24. The van der Waals surface area contributed by atoms with Gasteiger partial charge in [0, 0.05) is 26.2 Å². The summed E-state index contributed by atoms with van der Waals surface area (Å²) in [4.78, 5) is 40.9. The van der Waals surface area contributed by atoms with Crippen LogP contribution in [0.3, 0.4) is 0 Å². The van der Waals surface area contributed by atoms with Gasteiger partial charge in [0.2, 0.25) is 5.91 Å². The number of likely N-dealkylation sites (tertiary alicyclic amines) is 2. The quantitative estimate of drug-likeness (QED) is 0.489. The van der Waals surface area contributed by atoms with Crippen LogP contribution in [0, 0.1) is 0 Å². The molecule has 0 bridgehead atoms. The molecule has 3 saturated heterocycles. The topological polar surface area (TPSA) is 109 Å². The van der Waals surface area contributed by atoms with E-state index in [0.717, 1.165) is 36.0 Å². The molecule has 0 aliphatic carbocycles. The Bertz CT molecular complexity index is 1330. The van der Waals surface area contributed by atoms with E-state index < -0.39 is 11.7 Å². The number of morpholine rings is 1. The summed E-state index contributed by atoms with van der Waals surface area (Å²) >= 11 is 0. The van der Waals surface area contributed by atoms with Crippen molar-refractivity contribution >= 4 is 23.6 Å². The number of rotatable bonds is 6. The highest BCUT2D eigenvalue weighted by Crippen LogP contribution is 2.34. The van der Waals surface area contributed by atoms with Crippen LogP contribution >= 0.6 is 0 Å². The van der Waals surface area contributed by atoms with E-state index in [2.05, 4.69) is 28.8 Å². The first kappa shape index (κ1) is 30.4. The highest BCUT2D eigenvalue weighted by Gasteiger charge is 2.38. The van der Waals surface area contributed by atoms with Crippen molar-refractivity contribution in [3.05, 3.63) is 71.3 Å². The molecule has 3 aliphatic heterocycles. The number of fused-ring (bicyclic) bond motifs is 1. The molecule has 3 aliphatic rings. The number of ether oxygens (including phenoxy) is 3. The van der Waals surface area contributed by atoms with Gasteiger partial charge < -0.3 is 34.6 Å². The van der Waals surface area contributed by atoms with Crippen LogP contribution in [0.4, 0.5) is 9.59 Å². The molecular weight excluding hydrogens is 548 g/mol. The lowest BCUT2D eigenvalue weighted by Crippen LogP contribution is -2.62. The summed E-state index contributed by atoms with van der Waals surface area (Å²) in [6.07, 6.45) is 1.77. The van der Waals surface area contributed by atoms with Crippen LogP contribution in [0.15, 0.2) is 60.2 Å². The van der Waals surface area contributed by atoms with Gasteiger partial charge in [0.25, 0.3) is 0 Å². The van der Waals surface area contributed by atoms with Crippen molar-refractivity contribution in [1.82, 2.24) is 20.4 Å². The van der Waals surface area contributed by atoms with Gasteiger partial charge in [-0.25, -0.2) is 9.59 Å². The summed E-state index contributed by atoms with van der Waals surface area (Å²) in [5.41, 5.74) is 4.08. The number of hydrogen-bond donors (Lipinski definition) is 2. The van der Waals surface area contributed by atoms with Crippen molar-refractivity contribution in [2.45, 2.75) is 57.8 Å². The zero-order valence-electron chi connectivity index (χ0n) is 25.3. The molecule has 2 aromatic rings. The molecule has 10 heteroatoms. The van der Waals surface area contributed by atoms with Gasteiger partial charge in [-0.05, 0) is 68.9 Å². The Labute approximate surface area is 253 Å². The minimum absolute atomic E-state index is 0.0212. The SMILES string of the molecule is CC(C)(C)OC(=O)NCCOc1cccc(C(=C2CCN(C(=O)N3CCC4OCC(=O)NC4C3)CC2)c2ccccc2)c1. The summed E-state index contributed by atoms with van der Waals surface area (Å²) in [6, 6.07) is 18.2. The highest BCUT2D eigenvalue weighted by atomic mass is 16.6. The number of urea groups is 1. The standard InChI is InChI=1S/C33H42N4O6/c1-33(2,3)43-31(39)34-15-19-41-26-11-7-10-25(20-26)30(23-8-5-4-6-9-23)24-12-16-36(17-13-24)32(40)37-18-14-28-27(21-37)35-29(38)22-42-28/h4-11,20,27-28H,12-19,21-22H2,1-3H3,(H,34,39)(H,35,38). The third-order valence-corrected chi connectivity index (χ3v) is 7.81. The van der Waals surface area contributed by atoms with Crippen molar-refractivity contribution in [3.8, 4) is 5.75 Å². The Morgan fingerprint density at radius 1 is 1.00 bits per heavy atom. The van der Waals surface area contributed by atoms with Crippen LogP contribution in [0.1, 0.15) is 51.2 Å². The monoisotopic (exact) mass is 590 g/mol. The van der Waals surface area contributed by atoms with E-state index in [1.165, 1.54) is 5.57 Å². The van der Waals surface area contributed by atoms with Crippen molar-refractivity contribution in [3.63, 3.8) is 0 Å². The van der Waals surface area contributed by atoms with Crippen molar-refractivity contribution < 1.29 is 28.6 Å². The highest BCUT2D eigenvalue weighted by molar-refractivity contribution is 5.83. The number of benzene rings is 2. The molecule has 0 aromatic heterocycles. The van der Waals surface area contributed by atoms with E-state index in [1.54, 1.807) is 0 Å². The predicted octanol–water partition coefficient (Wildman–Crippen LogP) is 4.20. The molecule has 2 N–H and O–H groups in total. The lowest BCUT2D eigenvalue weighted by molar-refractivity contribution is -0.139. The number of hydrogen-bond acceptors (Lipinski definition) is 6. The average molecular weight is 591 g/mol. The minimum Gasteiger partial charge on any atom is -0.492 e. The molecule has 5 rings (SSSR count). The summed E-state index contributed by atoms with van der Waals surface area (Å²) < 4.78 is 16.9. The van der Waals surface area contributed by atoms with E-state index in [0.29, 0.717) is 45.1 Å². The van der Waals surface area contributed by atoms with Gasteiger partial charge in [0.1, 0.15) is 24.6 Å². The molecule has 4 amide bonds. The number of nitrogens with zero attached hydrogens (tertiary/aromatic N) is 2. The third kappa shape index (κ3) is 8.07. The van der Waals surface area contributed by atoms with E-state index in [-0.39, 0.29) is 30.7 Å². The number of carbonyl (C=O) groups excluding carboxylic acids is 3. The van der Waals surface area contributed by atoms with Crippen LogP contribution in [0.5, 0.6) is 5.75 Å². The van der Waals surface area contributed by atoms with E-state index in [9.17, 15) is 14.4 Å². The molecule has 3 fully saturated rings. The maximum atomic E-state index is 13.4. The second-order valence-electron chi connectivity index (χ2n) is 12.2. The maximum Gasteiger partial charge on any atom is 0.407 e. The average Bonchev–Trinajstić information content (AvgIpc) is 2.99. The fourth-order valence-electron chi connectivity index (χ4n) is 5.85. The second kappa shape index (κ2) is 13.5. The van der Waals surface area contributed by atoms with Crippen LogP contribution < -0.4 is 15.4 Å². The van der Waals surface area contributed by atoms with Crippen LogP contribution in [0.25, 0.3) is 5.57 Å². The number of piperidine rings is 2. The molecule has 43 heavy (non-hydrogen) atoms. The first-order chi connectivity index (χ1) is 20.7. The molecule has 2 aromatic carbocycles. The van der Waals surface area contributed by atoms with E-state index in [1.807, 2.05) is 67.0 Å². The normalized spacial score (nSPS) is 20.5. The lowest BCUT2D eigenvalue weighted by atomic mass is 9.88. The Hall–Kier alpha value is -4.05. The fraction of sp³-hybridized carbons (Fsp3) is 0.485. The van der Waals surface area contributed by atoms with Crippen LogP contribution in [0.2, 0.25) is 0 Å². The van der Waals surface area contributed by atoms with Crippen LogP contribution in [-0.2, 0) is 14.3 Å². The Morgan fingerprint density at radius 3 is 2.49 bits per heavy atom. The summed E-state index contributed by atoms with van der Waals surface area (Å²) in [6.45, 7) is 8.58. The van der Waals surface area contributed by atoms with Gasteiger partial charge in [-0.3, -0.25) is 4.79 Å². The van der Waals surface area contributed by atoms with Crippen molar-refractivity contribution in [2.75, 3.05) is 45.9 Å². The second-order valence-corrected chi connectivity index (χ2v) is 12.2. The van der Waals surface area contributed by atoms with Crippen LogP contribution in [-0.4, -0.2) is 91.5 Å². The number of nitrogens with one attached hydrogen (secondary N) is 2. The van der Waals surface area contributed by atoms with Gasteiger partial charge in [0.15, 0.2) is 0 Å². The molecule has 0 saturated carbocycles. The number of alkyl carbamates (subject to hydrolysis) is 1. The molecule has 0 radical (unpaired) electrons. The van der Waals surface area contributed by atoms with Gasteiger partial charge in [-0.1, -0.05) is 48.0 Å². The first-order valence-corrected chi connectivity index (χ1v) is 15.1. The zero-order chi connectivity index (χ0) is 30.4. The summed E-state index contributed by atoms with van der Waals surface area (Å²) in [5, 5.41) is 5.70. The molecule has 10 nitrogen and oxygen atoms in total. The minimum atomic E-state index is -0.551. The molecule has 3 heterocycles. The largest absolute Gasteiger partial charge is 0.492 e.